The van der Waals surface area contributed by atoms with Crippen LogP contribution in [0.1, 0.15) is 18.2 Å². The van der Waals surface area contributed by atoms with E-state index >= 15 is 0 Å². The van der Waals surface area contributed by atoms with Crippen molar-refractivity contribution in [3.05, 3.63) is 63.2 Å². The standard InChI is InChI=1S/C21H17Cl3N4O3/c1-31-10-16-19(11-3-2-4-12(22)7-11)20-26-21(30)17(28(20)27-16)9-18(29)25-13-5-6-14(23)15(24)8-13/h2-8,17H,9-10H2,1H3,(H,25,29)(H,26,30). The molecule has 1 unspecified atom stereocenters. The number of carbonyl (C=O) groups is 2. The van der Waals surface area contributed by atoms with Crippen LogP contribution in [0.25, 0.3) is 11.1 Å². The molecular weight excluding hydrogens is 463 g/mol. The number of hydrogen-bond donors (Lipinski definition) is 2. The third-order valence-electron chi connectivity index (χ3n) is 4.80. The molecule has 3 aromatic rings. The van der Waals surface area contributed by atoms with Crippen LogP contribution in [-0.4, -0.2) is 28.7 Å². The topological polar surface area (TPSA) is 85.2 Å². The van der Waals surface area contributed by atoms with E-state index in [1.54, 1.807) is 37.4 Å². The smallest absolute Gasteiger partial charge is 0.251 e. The number of carbonyl (C=O) groups excluding carboxylic acids is 2. The summed E-state index contributed by atoms with van der Waals surface area (Å²) >= 11 is 18.0. The van der Waals surface area contributed by atoms with Gasteiger partial charge in [-0.05, 0) is 35.9 Å². The Balaban J connectivity index is 1.62. The maximum Gasteiger partial charge on any atom is 0.251 e. The number of amides is 2. The molecule has 31 heavy (non-hydrogen) atoms. The van der Waals surface area contributed by atoms with Crippen LogP contribution in [-0.2, 0) is 20.9 Å². The number of fused-ring (bicyclic) bond motifs is 1. The average molecular weight is 480 g/mol. The first-order valence-corrected chi connectivity index (χ1v) is 10.4. The largest absolute Gasteiger partial charge is 0.378 e. The quantitative estimate of drug-likeness (QED) is 0.510. The zero-order valence-electron chi connectivity index (χ0n) is 16.3. The SMILES string of the molecule is COCc1nn2c(c1-c1cccc(Cl)c1)NC(=O)C2CC(=O)Nc1ccc(Cl)c(Cl)c1. The lowest BCUT2D eigenvalue weighted by Gasteiger charge is -2.10. The van der Waals surface area contributed by atoms with Gasteiger partial charge in [-0.25, -0.2) is 4.68 Å². The number of nitrogens with one attached hydrogen (secondary N) is 2. The molecule has 7 nitrogen and oxygen atoms in total. The maximum atomic E-state index is 12.7. The molecule has 0 saturated heterocycles. The number of anilines is 2. The summed E-state index contributed by atoms with van der Waals surface area (Å²) in [4.78, 5) is 25.3. The molecule has 0 saturated carbocycles. The summed E-state index contributed by atoms with van der Waals surface area (Å²) < 4.78 is 6.81. The summed E-state index contributed by atoms with van der Waals surface area (Å²) in [5.74, 6) is -0.176. The minimum Gasteiger partial charge on any atom is -0.378 e. The van der Waals surface area contributed by atoms with Crippen LogP contribution in [0.3, 0.4) is 0 Å². The number of methoxy groups -OCH3 is 1. The first kappa shape index (κ1) is 21.6. The van der Waals surface area contributed by atoms with Crippen molar-refractivity contribution < 1.29 is 14.3 Å². The Hall–Kier alpha value is -2.58. The summed E-state index contributed by atoms with van der Waals surface area (Å²) in [7, 11) is 1.56. The van der Waals surface area contributed by atoms with Crippen LogP contribution >= 0.6 is 34.8 Å². The molecule has 0 aliphatic carbocycles. The predicted molar refractivity (Wildman–Crippen MR) is 121 cm³/mol. The van der Waals surface area contributed by atoms with Crippen molar-refractivity contribution >= 4 is 58.1 Å². The number of benzene rings is 2. The van der Waals surface area contributed by atoms with Crippen molar-refractivity contribution in [3.8, 4) is 11.1 Å². The Labute approximate surface area is 193 Å². The minimum atomic E-state index is -0.804. The van der Waals surface area contributed by atoms with E-state index in [1.807, 2.05) is 12.1 Å². The highest BCUT2D eigenvalue weighted by molar-refractivity contribution is 6.42. The number of halogens is 3. The van der Waals surface area contributed by atoms with Crippen molar-refractivity contribution in [2.75, 3.05) is 17.7 Å². The van der Waals surface area contributed by atoms with E-state index in [0.29, 0.717) is 37.8 Å². The number of nitrogens with zero attached hydrogens (tertiary/aromatic N) is 2. The fourth-order valence-corrected chi connectivity index (χ4v) is 3.95. The third-order valence-corrected chi connectivity index (χ3v) is 5.77. The first-order chi connectivity index (χ1) is 14.9. The molecule has 10 heteroatoms. The molecule has 4 rings (SSSR count). The number of hydrogen-bond acceptors (Lipinski definition) is 4. The van der Waals surface area contributed by atoms with Gasteiger partial charge < -0.3 is 15.4 Å². The van der Waals surface area contributed by atoms with Gasteiger partial charge in [0.05, 0.1) is 28.8 Å². The first-order valence-electron chi connectivity index (χ1n) is 9.29. The van der Waals surface area contributed by atoms with Crippen LogP contribution in [0, 0.1) is 0 Å². The van der Waals surface area contributed by atoms with E-state index < -0.39 is 6.04 Å². The molecule has 1 aromatic heterocycles. The van der Waals surface area contributed by atoms with E-state index in [1.165, 1.54) is 4.68 Å². The van der Waals surface area contributed by atoms with E-state index in [0.717, 1.165) is 5.56 Å². The Morgan fingerprint density at radius 3 is 2.71 bits per heavy atom. The Morgan fingerprint density at radius 1 is 1.19 bits per heavy atom. The zero-order chi connectivity index (χ0) is 22.1. The van der Waals surface area contributed by atoms with Crippen molar-refractivity contribution in [3.63, 3.8) is 0 Å². The van der Waals surface area contributed by atoms with Gasteiger partial charge in [-0.2, -0.15) is 5.10 Å². The van der Waals surface area contributed by atoms with Crippen molar-refractivity contribution in [2.24, 2.45) is 0 Å². The molecular formula is C21H17Cl3N4O3. The normalized spacial score (nSPS) is 15.0. The molecule has 1 atom stereocenters. The van der Waals surface area contributed by atoms with Crippen LogP contribution in [0.4, 0.5) is 11.5 Å². The van der Waals surface area contributed by atoms with E-state index in [9.17, 15) is 9.59 Å². The van der Waals surface area contributed by atoms with Crippen LogP contribution in [0.2, 0.25) is 15.1 Å². The van der Waals surface area contributed by atoms with Gasteiger partial charge in [0.2, 0.25) is 5.91 Å². The maximum absolute atomic E-state index is 12.7. The van der Waals surface area contributed by atoms with Crippen molar-refractivity contribution in [1.82, 2.24) is 9.78 Å². The van der Waals surface area contributed by atoms with Crippen molar-refractivity contribution in [2.45, 2.75) is 19.1 Å². The fourth-order valence-electron chi connectivity index (χ4n) is 3.46. The summed E-state index contributed by atoms with van der Waals surface area (Å²) in [6.07, 6.45) is -0.109. The molecule has 1 aliphatic heterocycles. The molecule has 0 bridgehead atoms. The summed E-state index contributed by atoms with van der Waals surface area (Å²) in [5, 5.41) is 11.4. The zero-order valence-corrected chi connectivity index (χ0v) is 18.6. The Kier molecular flexibility index (Phi) is 6.20. The lowest BCUT2D eigenvalue weighted by Crippen LogP contribution is -2.24. The van der Waals surface area contributed by atoms with Crippen molar-refractivity contribution in [1.29, 1.82) is 0 Å². The van der Waals surface area contributed by atoms with Gasteiger partial charge in [0.15, 0.2) is 0 Å². The van der Waals surface area contributed by atoms with E-state index in [-0.39, 0.29) is 24.8 Å². The molecule has 0 fully saturated rings. The molecule has 160 valence electrons. The number of ether oxygens (including phenoxy) is 1. The molecule has 2 heterocycles. The third kappa shape index (κ3) is 4.41. The van der Waals surface area contributed by atoms with Gasteiger partial charge in [-0.1, -0.05) is 46.9 Å². The van der Waals surface area contributed by atoms with Gasteiger partial charge in [0.1, 0.15) is 11.9 Å². The highest BCUT2D eigenvalue weighted by Crippen LogP contribution is 2.39. The predicted octanol–water partition coefficient (Wildman–Crippen LogP) is 5.18. The van der Waals surface area contributed by atoms with Gasteiger partial charge in [0, 0.05) is 23.4 Å². The highest BCUT2D eigenvalue weighted by Gasteiger charge is 2.37. The fraction of sp³-hybridized carbons (Fsp3) is 0.190. The lowest BCUT2D eigenvalue weighted by atomic mass is 10.1. The highest BCUT2D eigenvalue weighted by atomic mass is 35.5. The van der Waals surface area contributed by atoms with E-state index in [2.05, 4.69) is 15.7 Å². The van der Waals surface area contributed by atoms with Crippen LogP contribution in [0.5, 0.6) is 0 Å². The second kappa shape index (κ2) is 8.88. The lowest BCUT2D eigenvalue weighted by molar-refractivity contribution is -0.123. The molecule has 2 amide bonds. The number of aromatic nitrogens is 2. The van der Waals surface area contributed by atoms with E-state index in [4.69, 9.17) is 39.5 Å². The monoisotopic (exact) mass is 478 g/mol. The average Bonchev–Trinajstić information content (AvgIpc) is 3.20. The van der Waals surface area contributed by atoms with Crippen LogP contribution in [0.15, 0.2) is 42.5 Å². The molecule has 0 radical (unpaired) electrons. The van der Waals surface area contributed by atoms with Gasteiger partial charge in [0.25, 0.3) is 5.91 Å². The Bertz CT molecular complexity index is 1180. The Morgan fingerprint density at radius 2 is 2.00 bits per heavy atom. The summed E-state index contributed by atoms with van der Waals surface area (Å²) in [5.41, 5.74) is 2.62. The number of rotatable bonds is 6. The molecule has 2 N–H and O–H groups in total. The molecule has 2 aromatic carbocycles. The van der Waals surface area contributed by atoms with Crippen LogP contribution < -0.4 is 10.6 Å². The van der Waals surface area contributed by atoms with Gasteiger partial charge in [-0.3, -0.25) is 9.59 Å². The molecule has 0 spiro atoms. The van der Waals surface area contributed by atoms with Gasteiger partial charge in [-0.15, -0.1) is 0 Å². The minimum absolute atomic E-state index is 0.109. The van der Waals surface area contributed by atoms with Gasteiger partial charge >= 0.3 is 0 Å². The second-order valence-corrected chi connectivity index (χ2v) is 8.20. The summed E-state index contributed by atoms with van der Waals surface area (Å²) in [6.45, 7) is 0.236. The summed E-state index contributed by atoms with van der Waals surface area (Å²) in [6, 6.07) is 11.2. The second-order valence-electron chi connectivity index (χ2n) is 6.94. The molecule has 1 aliphatic rings.